The number of hydrogen-bond donors (Lipinski definition) is 3. The van der Waals surface area contributed by atoms with Crippen molar-refractivity contribution in [3.05, 3.63) is 11.3 Å². The topological polar surface area (TPSA) is 86.9 Å². The first-order valence-electron chi connectivity index (χ1n) is 7.54. The quantitative estimate of drug-likeness (QED) is 0.769. The van der Waals surface area contributed by atoms with Gasteiger partial charge in [-0.05, 0) is 45.1 Å². The van der Waals surface area contributed by atoms with Gasteiger partial charge in [-0.25, -0.2) is 13.1 Å². The van der Waals surface area contributed by atoms with Crippen molar-refractivity contribution < 1.29 is 8.42 Å². The molecule has 1 aromatic rings. The lowest BCUT2D eigenvalue weighted by atomic mass is 9.81. The predicted octanol–water partition coefficient (Wildman–Crippen LogP) is 1.54. The Bertz CT molecular complexity index is 572. The maximum absolute atomic E-state index is 12.6. The van der Waals surface area contributed by atoms with Crippen LogP contribution in [0.1, 0.15) is 44.4 Å². The molecule has 0 bridgehead atoms. The zero-order valence-corrected chi connectivity index (χ0v) is 14.0. The molecule has 7 heteroatoms. The fraction of sp³-hybridized carbons (Fsp3) is 0.786. The summed E-state index contributed by atoms with van der Waals surface area (Å²) in [6.45, 7) is 6.68. The molecule has 0 aliphatic heterocycles. The minimum atomic E-state index is -3.57. The van der Waals surface area contributed by atoms with Crippen molar-refractivity contribution >= 4 is 10.0 Å². The third-order valence-electron chi connectivity index (χ3n) is 4.14. The largest absolute Gasteiger partial charge is 0.316 e. The second-order valence-electron chi connectivity index (χ2n) is 6.40. The Morgan fingerprint density at radius 2 is 1.86 bits per heavy atom. The van der Waals surface area contributed by atoms with Crippen LogP contribution in [0, 0.1) is 18.8 Å². The van der Waals surface area contributed by atoms with E-state index in [1.54, 1.807) is 7.05 Å². The summed E-state index contributed by atoms with van der Waals surface area (Å²) in [5.74, 6) is 1.11. The zero-order valence-electron chi connectivity index (χ0n) is 13.2. The number of nitrogens with one attached hydrogen (secondary N) is 3. The average Bonchev–Trinajstić information content (AvgIpc) is 2.70. The fourth-order valence-electron chi connectivity index (χ4n) is 3.36. The minimum Gasteiger partial charge on any atom is -0.316 e. The molecule has 21 heavy (non-hydrogen) atoms. The van der Waals surface area contributed by atoms with Gasteiger partial charge in [-0.1, -0.05) is 13.8 Å². The van der Waals surface area contributed by atoms with Crippen molar-refractivity contribution in [1.82, 2.24) is 20.2 Å². The lowest BCUT2D eigenvalue weighted by Gasteiger charge is -2.31. The van der Waals surface area contributed by atoms with Crippen LogP contribution < -0.4 is 10.0 Å². The molecule has 0 radical (unpaired) electrons. The van der Waals surface area contributed by atoms with Crippen LogP contribution in [0.3, 0.4) is 0 Å². The highest BCUT2D eigenvalue weighted by Gasteiger charge is 2.30. The molecular formula is C14H26N4O2S. The van der Waals surface area contributed by atoms with E-state index < -0.39 is 10.0 Å². The van der Waals surface area contributed by atoms with Gasteiger partial charge in [-0.3, -0.25) is 5.10 Å². The van der Waals surface area contributed by atoms with Gasteiger partial charge in [-0.15, -0.1) is 0 Å². The Balaban J connectivity index is 2.18. The average molecular weight is 314 g/mol. The number of aromatic nitrogens is 2. The third-order valence-corrected chi connectivity index (χ3v) is 5.63. The molecule has 6 nitrogen and oxygen atoms in total. The molecule has 0 saturated heterocycles. The first kappa shape index (κ1) is 16.5. The maximum Gasteiger partial charge on any atom is 0.260 e. The Morgan fingerprint density at radius 3 is 2.43 bits per heavy atom. The molecule has 1 saturated carbocycles. The fourth-order valence-corrected chi connectivity index (χ4v) is 4.81. The lowest BCUT2D eigenvalue weighted by Crippen LogP contribution is -2.40. The van der Waals surface area contributed by atoms with Gasteiger partial charge in [-0.2, -0.15) is 5.10 Å². The Morgan fingerprint density at radius 1 is 1.24 bits per heavy atom. The monoisotopic (exact) mass is 314 g/mol. The van der Waals surface area contributed by atoms with Crippen molar-refractivity contribution in [3.8, 4) is 0 Å². The highest BCUT2D eigenvalue weighted by Crippen LogP contribution is 2.29. The van der Waals surface area contributed by atoms with Gasteiger partial charge in [0.1, 0.15) is 0 Å². The van der Waals surface area contributed by atoms with Crippen molar-refractivity contribution in [1.29, 1.82) is 0 Å². The summed E-state index contributed by atoms with van der Waals surface area (Å²) in [6.07, 6.45) is 2.97. The van der Waals surface area contributed by atoms with Crippen LogP contribution in [0.5, 0.6) is 0 Å². The molecule has 1 aromatic heterocycles. The molecule has 1 aliphatic carbocycles. The molecule has 0 aromatic carbocycles. The van der Waals surface area contributed by atoms with Gasteiger partial charge < -0.3 is 5.32 Å². The summed E-state index contributed by atoms with van der Waals surface area (Å²) in [6, 6.07) is 0.00759. The summed E-state index contributed by atoms with van der Waals surface area (Å²) in [4.78, 5) is 0. The van der Waals surface area contributed by atoms with Crippen LogP contribution in [0.15, 0.2) is 5.03 Å². The number of aryl methyl sites for hydroxylation is 1. The van der Waals surface area contributed by atoms with Gasteiger partial charge in [0.25, 0.3) is 10.0 Å². The number of nitrogens with zero attached hydrogens (tertiary/aromatic N) is 1. The minimum absolute atomic E-state index is 0.00759. The van der Waals surface area contributed by atoms with Crippen LogP contribution in [0.25, 0.3) is 0 Å². The molecule has 2 atom stereocenters. The Hall–Kier alpha value is -0.920. The smallest absolute Gasteiger partial charge is 0.260 e. The molecule has 1 aliphatic rings. The maximum atomic E-state index is 12.6. The molecule has 1 heterocycles. The van der Waals surface area contributed by atoms with Gasteiger partial charge in [0.2, 0.25) is 0 Å². The molecule has 0 amide bonds. The third kappa shape index (κ3) is 3.84. The van der Waals surface area contributed by atoms with Crippen molar-refractivity contribution in [2.45, 2.75) is 57.6 Å². The van der Waals surface area contributed by atoms with E-state index in [0.29, 0.717) is 23.9 Å². The SMILES string of the molecule is CNCc1c(S(=O)(=O)NC2CC(C)CC(C)C2)n[nH]c1C. The summed E-state index contributed by atoms with van der Waals surface area (Å²) >= 11 is 0. The molecule has 0 spiro atoms. The molecule has 2 unspecified atom stereocenters. The lowest BCUT2D eigenvalue weighted by molar-refractivity contribution is 0.257. The van der Waals surface area contributed by atoms with Crippen LogP contribution >= 0.6 is 0 Å². The predicted molar refractivity (Wildman–Crippen MR) is 82.4 cm³/mol. The molecule has 3 N–H and O–H groups in total. The molecule has 1 fully saturated rings. The summed E-state index contributed by atoms with van der Waals surface area (Å²) in [7, 11) is -1.78. The van der Waals surface area contributed by atoms with E-state index in [0.717, 1.165) is 18.5 Å². The molecule has 120 valence electrons. The van der Waals surface area contributed by atoms with Gasteiger partial charge in [0.05, 0.1) is 0 Å². The van der Waals surface area contributed by atoms with Gasteiger partial charge in [0.15, 0.2) is 5.03 Å². The Labute approximate surface area is 127 Å². The van der Waals surface area contributed by atoms with Crippen molar-refractivity contribution in [3.63, 3.8) is 0 Å². The van der Waals surface area contributed by atoms with E-state index in [-0.39, 0.29) is 11.1 Å². The van der Waals surface area contributed by atoms with E-state index in [9.17, 15) is 8.42 Å². The first-order valence-corrected chi connectivity index (χ1v) is 9.02. The van der Waals surface area contributed by atoms with E-state index in [1.807, 2.05) is 6.92 Å². The van der Waals surface area contributed by atoms with Crippen LogP contribution in [0.4, 0.5) is 0 Å². The standard InChI is InChI=1S/C14H26N4O2S/c1-9-5-10(2)7-12(6-9)18-21(19,20)14-13(8-15-4)11(3)16-17-14/h9-10,12,15,18H,5-8H2,1-4H3,(H,16,17). The number of sulfonamides is 1. The number of hydrogen-bond acceptors (Lipinski definition) is 4. The Kier molecular flexibility index (Phi) is 5.06. The van der Waals surface area contributed by atoms with Crippen LogP contribution in [-0.4, -0.2) is 31.7 Å². The number of rotatable bonds is 5. The van der Waals surface area contributed by atoms with Crippen LogP contribution in [0.2, 0.25) is 0 Å². The highest BCUT2D eigenvalue weighted by molar-refractivity contribution is 7.89. The second kappa shape index (κ2) is 6.46. The van der Waals surface area contributed by atoms with E-state index >= 15 is 0 Å². The number of H-pyrrole nitrogens is 1. The second-order valence-corrected chi connectivity index (χ2v) is 8.03. The summed E-state index contributed by atoms with van der Waals surface area (Å²) in [5, 5.41) is 9.88. The normalized spacial score (nSPS) is 27.0. The number of aromatic amines is 1. The molecule has 2 rings (SSSR count). The van der Waals surface area contributed by atoms with Gasteiger partial charge >= 0.3 is 0 Å². The van der Waals surface area contributed by atoms with E-state index in [1.165, 1.54) is 6.42 Å². The van der Waals surface area contributed by atoms with Crippen LogP contribution in [-0.2, 0) is 16.6 Å². The van der Waals surface area contributed by atoms with Gasteiger partial charge in [0, 0.05) is 23.8 Å². The highest BCUT2D eigenvalue weighted by atomic mass is 32.2. The molecular weight excluding hydrogens is 288 g/mol. The summed E-state index contributed by atoms with van der Waals surface area (Å²) in [5.41, 5.74) is 1.50. The summed E-state index contributed by atoms with van der Waals surface area (Å²) < 4.78 is 28.0. The first-order chi connectivity index (χ1) is 9.83. The van der Waals surface area contributed by atoms with E-state index in [2.05, 4.69) is 34.1 Å². The van der Waals surface area contributed by atoms with E-state index in [4.69, 9.17) is 0 Å². The van der Waals surface area contributed by atoms with Crippen molar-refractivity contribution in [2.24, 2.45) is 11.8 Å². The zero-order chi connectivity index (χ0) is 15.6. The van der Waals surface area contributed by atoms with Crippen molar-refractivity contribution in [2.75, 3.05) is 7.05 Å².